The van der Waals surface area contributed by atoms with Crippen LogP contribution in [0.4, 0.5) is 8.78 Å². The largest absolute Gasteiger partial charge is 0.504 e. The molecule has 0 unspecified atom stereocenters. The van der Waals surface area contributed by atoms with E-state index in [9.17, 15) is 13.9 Å². The standard InChI is InChI=1S/C9H11F2NO2/c10-9(11,5-12)6-14-8-4-2-1-3-7(8)13/h1-4,13H,5-6,12H2. The summed E-state index contributed by atoms with van der Waals surface area (Å²) < 4.78 is 30.0. The van der Waals surface area contributed by atoms with Gasteiger partial charge in [0.2, 0.25) is 0 Å². The zero-order valence-corrected chi connectivity index (χ0v) is 7.41. The van der Waals surface area contributed by atoms with E-state index in [4.69, 9.17) is 10.5 Å². The van der Waals surface area contributed by atoms with Gasteiger partial charge in [-0.25, -0.2) is 8.78 Å². The first-order chi connectivity index (χ1) is 6.55. The van der Waals surface area contributed by atoms with E-state index in [-0.39, 0.29) is 11.5 Å². The minimum atomic E-state index is -3.07. The van der Waals surface area contributed by atoms with Crippen LogP contribution in [-0.4, -0.2) is 24.2 Å². The van der Waals surface area contributed by atoms with Crippen molar-refractivity contribution in [1.29, 1.82) is 0 Å². The molecule has 0 bridgehead atoms. The molecule has 3 nitrogen and oxygen atoms in total. The number of hydrogen-bond acceptors (Lipinski definition) is 3. The van der Waals surface area contributed by atoms with Crippen molar-refractivity contribution in [2.24, 2.45) is 5.73 Å². The van der Waals surface area contributed by atoms with Crippen molar-refractivity contribution in [2.75, 3.05) is 13.2 Å². The highest BCUT2D eigenvalue weighted by Crippen LogP contribution is 2.25. The Morgan fingerprint density at radius 1 is 1.36 bits per heavy atom. The predicted octanol–water partition coefficient (Wildman–Crippen LogP) is 1.36. The maximum absolute atomic E-state index is 12.6. The molecule has 1 rings (SSSR count). The summed E-state index contributed by atoms with van der Waals surface area (Å²) >= 11 is 0. The van der Waals surface area contributed by atoms with Gasteiger partial charge in [0.05, 0.1) is 6.54 Å². The van der Waals surface area contributed by atoms with Crippen molar-refractivity contribution in [3.05, 3.63) is 24.3 Å². The molecular weight excluding hydrogens is 192 g/mol. The molecule has 0 saturated carbocycles. The van der Waals surface area contributed by atoms with Crippen molar-refractivity contribution >= 4 is 0 Å². The summed E-state index contributed by atoms with van der Waals surface area (Å²) in [4.78, 5) is 0. The average molecular weight is 203 g/mol. The van der Waals surface area contributed by atoms with Gasteiger partial charge in [-0.2, -0.15) is 0 Å². The van der Waals surface area contributed by atoms with E-state index in [0.29, 0.717) is 0 Å². The smallest absolute Gasteiger partial charge is 0.293 e. The Morgan fingerprint density at radius 3 is 2.57 bits per heavy atom. The lowest BCUT2D eigenvalue weighted by Crippen LogP contribution is -2.34. The van der Waals surface area contributed by atoms with E-state index in [2.05, 4.69) is 0 Å². The lowest BCUT2D eigenvalue weighted by molar-refractivity contribution is -0.0324. The van der Waals surface area contributed by atoms with E-state index in [1.54, 1.807) is 12.1 Å². The van der Waals surface area contributed by atoms with E-state index in [1.165, 1.54) is 12.1 Å². The van der Waals surface area contributed by atoms with Gasteiger partial charge in [0.15, 0.2) is 18.1 Å². The van der Waals surface area contributed by atoms with Crippen LogP contribution in [0.25, 0.3) is 0 Å². The van der Waals surface area contributed by atoms with Crippen LogP contribution in [0.3, 0.4) is 0 Å². The van der Waals surface area contributed by atoms with Crippen LogP contribution < -0.4 is 10.5 Å². The maximum atomic E-state index is 12.6. The molecule has 3 N–H and O–H groups in total. The monoisotopic (exact) mass is 203 g/mol. The Balaban J connectivity index is 2.58. The molecule has 0 amide bonds. The molecule has 78 valence electrons. The molecule has 0 atom stereocenters. The van der Waals surface area contributed by atoms with E-state index in [1.807, 2.05) is 0 Å². The summed E-state index contributed by atoms with van der Waals surface area (Å²) in [6.45, 7) is -1.61. The summed E-state index contributed by atoms with van der Waals surface area (Å²) in [7, 11) is 0. The van der Waals surface area contributed by atoms with Gasteiger partial charge < -0.3 is 15.6 Å². The summed E-state index contributed by atoms with van der Waals surface area (Å²) in [6.07, 6.45) is 0. The Morgan fingerprint density at radius 2 is 2.00 bits per heavy atom. The first-order valence-electron chi connectivity index (χ1n) is 4.04. The van der Waals surface area contributed by atoms with Gasteiger partial charge >= 0.3 is 0 Å². The Hall–Kier alpha value is -1.36. The number of para-hydroxylation sites is 2. The van der Waals surface area contributed by atoms with Crippen molar-refractivity contribution in [3.63, 3.8) is 0 Å². The highest BCUT2D eigenvalue weighted by Gasteiger charge is 2.28. The molecule has 0 aliphatic carbocycles. The minimum Gasteiger partial charge on any atom is -0.504 e. The number of ether oxygens (including phenoxy) is 1. The minimum absolute atomic E-state index is 0.0284. The van der Waals surface area contributed by atoms with Crippen LogP contribution in [0.1, 0.15) is 0 Å². The lowest BCUT2D eigenvalue weighted by Gasteiger charge is -2.15. The molecule has 0 aliphatic heterocycles. The zero-order chi connectivity index (χ0) is 10.6. The van der Waals surface area contributed by atoms with Gasteiger partial charge in [-0.1, -0.05) is 12.1 Å². The van der Waals surface area contributed by atoms with Crippen LogP contribution in [0.15, 0.2) is 24.3 Å². The van der Waals surface area contributed by atoms with E-state index < -0.39 is 19.1 Å². The molecule has 0 spiro atoms. The Labute approximate surface area is 80.1 Å². The normalized spacial score (nSPS) is 11.4. The molecule has 1 aromatic carbocycles. The molecule has 0 radical (unpaired) electrons. The number of aromatic hydroxyl groups is 1. The number of halogens is 2. The van der Waals surface area contributed by atoms with Gasteiger partial charge in [-0.3, -0.25) is 0 Å². The maximum Gasteiger partial charge on any atom is 0.293 e. The number of phenols is 1. The fourth-order valence-electron chi connectivity index (χ4n) is 0.821. The molecular formula is C9H11F2NO2. The third-order valence-electron chi connectivity index (χ3n) is 1.60. The number of nitrogens with two attached hydrogens (primary N) is 1. The quantitative estimate of drug-likeness (QED) is 0.776. The van der Waals surface area contributed by atoms with Crippen LogP contribution in [0.2, 0.25) is 0 Å². The highest BCUT2D eigenvalue weighted by molar-refractivity contribution is 5.37. The topological polar surface area (TPSA) is 55.5 Å². The molecule has 14 heavy (non-hydrogen) atoms. The zero-order valence-electron chi connectivity index (χ0n) is 7.41. The Kier molecular flexibility index (Phi) is 3.24. The molecule has 0 aliphatic rings. The van der Waals surface area contributed by atoms with Gasteiger partial charge in [0.1, 0.15) is 0 Å². The molecule has 0 fully saturated rings. The summed E-state index contributed by atoms with van der Waals surface area (Å²) in [5.74, 6) is -3.21. The summed E-state index contributed by atoms with van der Waals surface area (Å²) in [5.41, 5.74) is 4.82. The van der Waals surface area contributed by atoms with Crippen LogP contribution in [-0.2, 0) is 0 Å². The van der Waals surface area contributed by atoms with Crippen molar-refractivity contribution in [3.8, 4) is 11.5 Å². The molecule has 0 saturated heterocycles. The number of phenolic OH excluding ortho intramolecular Hbond substituents is 1. The van der Waals surface area contributed by atoms with Crippen molar-refractivity contribution in [1.82, 2.24) is 0 Å². The van der Waals surface area contributed by atoms with Crippen molar-refractivity contribution < 1.29 is 18.6 Å². The predicted molar refractivity (Wildman–Crippen MR) is 47.6 cm³/mol. The SMILES string of the molecule is NCC(F)(F)COc1ccccc1O. The first kappa shape index (κ1) is 10.7. The number of hydrogen-bond donors (Lipinski definition) is 2. The van der Waals surface area contributed by atoms with Crippen LogP contribution >= 0.6 is 0 Å². The number of rotatable bonds is 4. The fraction of sp³-hybridized carbons (Fsp3) is 0.333. The van der Waals surface area contributed by atoms with Crippen molar-refractivity contribution in [2.45, 2.75) is 5.92 Å². The molecule has 0 aromatic heterocycles. The van der Waals surface area contributed by atoms with Gasteiger partial charge in [0.25, 0.3) is 5.92 Å². The summed E-state index contributed by atoms with van der Waals surface area (Å²) in [5, 5.41) is 9.18. The van der Waals surface area contributed by atoms with E-state index in [0.717, 1.165) is 0 Å². The fourth-order valence-corrected chi connectivity index (χ4v) is 0.821. The number of alkyl halides is 2. The molecule has 1 aromatic rings. The van der Waals surface area contributed by atoms with Crippen LogP contribution in [0.5, 0.6) is 11.5 Å². The van der Waals surface area contributed by atoms with E-state index >= 15 is 0 Å². The molecule has 5 heteroatoms. The third kappa shape index (κ3) is 2.85. The second kappa shape index (κ2) is 4.23. The third-order valence-corrected chi connectivity index (χ3v) is 1.60. The van der Waals surface area contributed by atoms with Crippen LogP contribution in [0, 0.1) is 0 Å². The second-order valence-electron chi connectivity index (χ2n) is 2.82. The lowest BCUT2D eigenvalue weighted by atomic mass is 10.3. The highest BCUT2D eigenvalue weighted by atomic mass is 19.3. The average Bonchev–Trinajstić information content (AvgIpc) is 2.17. The number of benzene rings is 1. The van der Waals surface area contributed by atoms with Gasteiger partial charge in [-0.05, 0) is 12.1 Å². The second-order valence-corrected chi connectivity index (χ2v) is 2.82. The molecule has 0 heterocycles. The summed E-state index contributed by atoms with van der Waals surface area (Å²) in [6, 6.07) is 5.91. The Bertz CT molecular complexity index is 305. The van der Waals surface area contributed by atoms with Gasteiger partial charge in [-0.15, -0.1) is 0 Å². The van der Waals surface area contributed by atoms with Gasteiger partial charge in [0, 0.05) is 0 Å². The first-order valence-corrected chi connectivity index (χ1v) is 4.04.